The number of phenols is 1. The summed E-state index contributed by atoms with van der Waals surface area (Å²) < 4.78 is 10.5. The Kier molecular flexibility index (Phi) is 8.96. The summed E-state index contributed by atoms with van der Waals surface area (Å²) in [6.45, 7) is 12.1. The monoisotopic (exact) mass is 499 g/mol. The molecule has 0 heterocycles. The lowest BCUT2D eigenvalue weighted by Gasteiger charge is -2.42. The molecule has 0 fully saturated rings. The molecule has 0 aliphatic rings. The maximum Gasteiger partial charge on any atom is 0.408 e. The highest BCUT2D eigenvalue weighted by atomic mass is 16.6. The third kappa shape index (κ3) is 7.90. The van der Waals surface area contributed by atoms with Gasteiger partial charge in [0.25, 0.3) is 5.91 Å². The van der Waals surface area contributed by atoms with Gasteiger partial charge in [-0.1, -0.05) is 12.1 Å². The number of benzene rings is 2. The number of amides is 3. The first-order valence-corrected chi connectivity index (χ1v) is 11.7. The minimum Gasteiger partial charge on any atom is -0.508 e. The molecule has 0 bridgehead atoms. The highest BCUT2D eigenvalue weighted by Gasteiger charge is 2.40. The highest BCUT2D eigenvalue weighted by molar-refractivity contribution is 5.99. The second kappa shape index (κ2) is 11.3. The Hall–Kier alpha value is -3.75. The number of rotatable bonds is 7. The summed E-state index contributed by atoms with van der Waals surface area (Å²) in [5.74, 6) is -0.270. The summed E-state index contributed by atoms with van der Waals surface area (Å²) in [6.07, 6.45) is -0.735. The van der Waals surface area contributed by atoms with Crippen molar-refractivity contribution in [1.29, 1.82) is 0 Å². The Morgan fingerprint density at radius 2 is 1.47 bits per heavy atom. The first kappa shape index (κ1) is 28.5. The molecule has 2 atom stereocenters. The van der Waals surface area contributed by atoms with Crippen molar-refractivity contribution in [2.24, 2.45) is 0 Å². The molecule has 2 aromatic rings. The summed E-state index contributed by atoms with van der Waals surface area (Å²) in [5, 5.41) is 15.2. The molecule has 9 nitrogen and oxygen atoms in total. The van der Waals surface area contributed by atoms with Gasteiger partial charge in [-0.25, -0.2) is 4.79 Å². The first-order chi connectivity index (χ1) is 16.6. The average molecular weight is 500 g/mol. The minimum atomic E-state index is -1.07. The standard InChI is InChI=1S/C27H37N3O6/c1-17(28-25(34)36-27(5,6)7)24(33)30(26(2,3)4)22(18-9-13-20(31)14-10-18)23(32)29-19-11-15-21(35-8)16-12-19/h9-17,22,31H,1-8H3,(H,28,34)(H,29,32). The van der Waals surface area contributed by atoms with Crippen LogP contribution in [0.5, 0.6) is 11.5 Å². The van der Waals surface area contributed by atoms with Gasteiger partial charge >= 0.3 is 6.09 Å². The molecule has 196 valence electrons. The van der Waals surface area contributed by atoms with Crippen LogP contribution in [0.4, 0.5) is 10.5 Å². The Balaban J connectivity index is 2.45. The maximum atomic E-state index is 13.7. The Bertz CT molecular complexity index is 1050. The average Bonchev–Trinajstić information content (AvgIpc) is 2.76. The number of carbonyl (C=O) groups is 3. The van der Waals surface area contributed by atoms with E-state index in [-0.39, 0.29) is 5.75 Å². The summed E-state index contributed by atoms with van der Waals surface area (Å²) in [6, 6.07) is 10.9. The van der Waals surface area contributed by atoms with Crippen molar-refractivity contribution < 1.29 is 29.0 Å². The van der Waals surface area contributed by atoms with E-state index in [4.69, 9.17) is 9.47 Å². The minimum absolute atomic E-state index is 0.0293. The molecule has 2 rings (SSSR count). The van der Waals surface area contributed by atoms with Gasteiger partial charge in [0, 0.05) is 11.2 Å². The van der Waals surface area contributed by atoms with E-state index in [1.807, 2.05) is 0 Å². The fourth-order valence-electron chi connectivity index (χ4n) is 3.56. The molecular formula is C27H37N3O6. The molecule has 3 amide bonds. The smallest absolute Gasteiger partial charge is 0.408 e. The zero-order valence-corrected chi connectivity index (χ0v) is 22.2. The van der Waals surface area contributed by atoms with Gasteiger partial charge in [0.15, 0.2) is 0 Å². The van der Waals surface area contributed by atoms with Crippen LogP contribution in [0.15, 0.2) is 48.5 Å². The number of carbonyl (C=O) groups excluding carboxylic acids is 3. The topological polar surface area (TPSA) is 117 Å². The van der Waals surface area contributed by atoms with Gasteiger partial charge in [0.2, 0.25) is 5.91 Å². The molecule has 3 N–H and O–H groups in total. The van der Waals surface area contributed by atoms with Gasteiger partial charge in [-0.05, 0) is 90.4 Å². The molecule has 0 saturated heterocycles. The lowest BCUT2D eigenvalue weighted by atomic mass is 9.95. The summed E-state index contributed by atoms with van der Waals surface area (Å²) in [4.78, 5) is 41.1. The molecule has 0 radical (unpaired) electrons. The Morgan fingerprint density at radius 1 is 0.917 bits per heavy atom. The second-order valence-electron chi connectivity index (χ2n) is 10.5. The van der Waals surface area contributed by atoms with E-state index in [0.717, 1.165) is 0 Å². The van der Waals surface area contributed by atoms with E-state index in [2.05, 4.69) is 10.6 Å². The van der Waals surface area contributed by atoms with Gasteiger partial charge in [-0.15, -0.1) is 0 Å². The van der Waals surface area contributed by atoms with Gasteiger partial charge in [0.05, 0.1) is 7.11 Å². The van der Waals surface area contributed by atoms with Crippen molar-refractivity contribution in [1.82, 2.24) is 10.2 Å². The predicted molar refractivity (Wildman–Crippen MR) is 138 cm³/mol. The summed E-state index contributed by atoms with van der Waals surface area (Å²) >= 11 is 0. The van der Waals surface area contributed by atoms with Crippen molar-refractivity contribution >= 4 is 23.6 Å². The molecule has 0 aromatic heterocycles. The zero-order valence-electron chi connectivity index (χ0n) is 22.2. The van der Waals surface area contributed by atoms with Crippen LogP contribution in [0, 0.1) is 0 Å². The SMILES string of the molecule is COc1ccc(NC(=O)C(c2ccc(O)cc2)N(C(=O)C(C)NC(=O)OC(C)(C)C)C(C)(C)C)cc1. The molecule has 2 aromatic carbocycles. The van der Waals surface area contributed by atoms with E-state index in [9.17, 15) is 19.5 Å². The molecule has 0 spiro atoms. The van der Waals surface area contributed by atoms with E-state index < -0.39 is 41.1 Å². The van der Waals surface area contributed by atoms with Crippen molar-refractivity contribution in [2.75, 3.05) is 12.4 Å². The molecular weight excluding hydrogens is 462 g/mol. The first-order valence-electron chi connectivity index (χ1n) is 11.7. The van der Waals surface area contributed by atoms with Crippen LogP contribution in [0.1, 0.15) is 60.1 Å². The van der Waals surface area contributed by atoms with E-state index in [0.29, 0.717) is 17.0 Å². The number of hydrogen-bond donors (Lipinski definition) is 3. The summed E-state index contributed by atoms with van der Waals surface area (Å²) in [5.41, 5.74) is -0.540. The van der Waals surface area contributed by atoms with Gasteiger partial charge in [-0.2, -0.15) is 0 Å². The number of phenolic OH excluding ortho intramolecular Hbond substituents is 1. The number of hydrogen-bond acceptors (Lipinski definition) is 6. The molecule has 9 heteroatoms. The van der Waals surface area contributed by atoms with E-state index >= 15 is 0 Å². The summed E-state index contributed by atoms with van der Waals surface area (Å²) in [7, 11) is 1.55. The van der Waals surface area contributed by atoms with Gasteiger partial charge < -0.3 is 30.1 Å². The number of ether oxygens (including phenoxy) is 2. The quantitative estimate of drug-likeness (QED) is 0.512. The van der Waals surface area contributed by atoms with Crippen molar-refractivity contribution in [3.05, 3.63) is 54.1 Å². The van der Waals surface area contributed by atoms with Crippen LogP contribution < -0.4 is 15.4 Å². The van der Waals surface area contributed by atoms with Crippen molar-refractivity contribution in [2.45, 2.75) is 71.7 Å². The molecule has 0 aliphatic heterocycles. The maximum absolute atomic E-state index is 13.7. The Morgan fingerprint density at radius 3 is 1.94 bits per heavy atom. The fourth-order valence-corrected chi connectivity index (χ4v) is 3.56. The predicted octanol–water partition coefficient (Wildman–Crippen LogP) is 4.62. The van der Waals surface area contributed by atoms with Crippen LogP contribution in [0.2, 0.25) is 0 Å². The number of methoxy groups -OCH3 is 1. The normalized spacial score (nSPS) is 13.2. The van der Waals surface area contributed by atoms with Gasteiger partial charge in [-0.3, -0.25) is 9.59 Å². The molecule has 36 heavy (non-hydrogen) atoms. The largest absolute Gasteiger partial charge is 0.508 e. The lowest BCUT2D eigenvalue weighted by Crippen LogP contribution is -2.57. The second-order valence-corrected chi connectivity index (χ2v) is 10.5. The van der Waals surface area contributed by atoms with E-state index in [1.165, 1.54) is 17.0 Å². The lowest BCUT2D eigenvalue weighted by molar-refractivity contribution is -0.146. The highest BCUT2D eigenvalue weighted by Crippen LogP contribution is 2.32. The van der Waals surface area contributed by atoms with Crippen LogP contribution in [-0.2, 0) is 14.3 Å². The van der Waals surface area contributed by atoms with Gasteiger partial charge in [0.1, 0.15) is 29.2 Å². The fraction of sp³-hybridized carbons (Fsp3) is 0.444. The van der Waals surface area contributed by atoms with E-state index in [1.54, 1.807) is 92.0 Å². The number of alkyl carbamates (subject to hydrolysis) is 1. The van der Waals surface area contributed by atoms with Crippen molar-refractivity contribution in [3.8, 4) is 11.5 Å². The number of aromatic hydroxyl groups is 1. The third-order valence-electron chi connectivity index (χ3n) is 5.14. The van der Waals surface area contributed by atoms with Crippen LogP contribution in [-0.4, -0.2) is 52.2 Å². The number of nitrogens with one attached hydrogen (secondary N) is 2. The zero-order chi connectivity index (χ0) is 27.3. The number of nitrogens with zero attached hydrogens (tertiary/aromatic N) is 1. The molecule has 2 unspecified atom stereocenters. The van der Waals surface area contributed by atoms with Crippen LogP contribution in [0.25, 0.3) is 0 Å². The van der Waals surface area contributed by atoms with Crippen LogP contribution in [0.3, 0.4) is 0 Å². The number of anilines is 1. The van der Waals surface area contributed by atoms with Crippen molar-refractivity contribution in [3.63, 3.8) is 0 Å². The molecule has 0 saturated carbocycles. The third-order valence-corrected chi connectivity index (χ3v) is 5.14. The van der Waals surface area contributed by atoms with Crippen LogP contribution >= 0.6 is 0 Å². The molecule has 0 aliphatic carbocycles. The Labute approximate surface area is 212 Å².